The molecule has 2 unspecified atom stereocenters. The number of rotatable bonds is 7. The maximum absolute atomic E-state index is 11.8. The fourth-order valence-corrected chi connectivity index (χ4v) is 2.43. The summed E-state index contributed by atoms with van der Waals surface area (Å²) in [5, 5.41) is 6.52. The van der Waals surface area contributed by atoms with Gasteiger partial charge in [-0.2, -0.15) is 0 Å². The molecule has 0 spiro atoms. The highest BCUT2D eigenvalue weighted by molar-refractivity contribution is 5.76. The molecular weight excluding hydrogens is 212 g/mol. The lowest BCUT2D eigenvalue weighted by Gasteiger charge is -2.23. The molecule has 0 bridgehead atoms. The summed E-state index contributed by atoms with van der Waals surface area (Å²) in [6.07, 6.45) is 9.16. The summed E-state index contributed by atoms with van der Waals surface area (Å²) in [6, 6.07) is 0.740. The quantitative estimate of drug-likeness (QED) is 0.672. The van der Waals surface area contributed by atoms with Gasteiger partial charge in [-0.3, -0.25) is 4.79 Å². The summed E-state index contributed by atoms with van der Waals surface area (Å²) in [6.45, 7) is 5.39. The van der Waals surface area contributed by atoms with E-state index in [-0.39, 0.29) is 5.91 Å². The number of nitrogens with one attached hydrogen (secondary N) is 2. The maximum Gasteiger partial charge on any atom is 0.221 e. The van der Waals surface area contributed by atoms with Crippen molar-refractivity contribution >= 4 is 5.91 Å². The van der Waals surface area contributed by atoms with Crippen molar-refractivity contribution in [2.45, 2.75) is 77.3 Å². The Kier molecular flexibility index (Phi) is 7.25. The molecule has 1 amide bonds. The fraction of sp³-hybridized carbons (Fsp3) is 0.929. The van der Waals surface area contributed by atoms with Crippen molar-refractivity contribution in [3.05, 3.63) is 0 Å². The number of amides is 1. The summed E-state index contributed by atoms with van der Waals surface area (Å²) >= 11 is 0. The van der Waals surface area contributed by atoms with E-state index in [9.17, 15) is 4.79 Å². The van der Waals surface area contributed by atoms with Crippen LogP contribution in [0.3, 0.4) is 0 Å². The van der Waals surface area contributed by atoms with Gasteiger partial charge in [0.2, 0.25) is 5.91 Å². The van der Waals surface area contributed by atoms with Gasteiger partial charge >= 0.3 is 0 Å². The molecule has 2 N–H and O–H groups in total. The van der Waals surface area contributed by atoms with Crippen LogP contribution >= 0.6 is 0 Å². The molecule has 0 aromatic rings. The smallest absolute Gasteiger partial charge is 0.221 e. The molecular formula is C14H28N2O. The summed E-state index contributed by atoms with van der Waals surface area (Å²) in [5.74, 6) is 0.216. The number of hydrogen-bond donors (Lipinski definition) is 2. The first kappa shape index (κ1) is 14.5. The highest BCUT2D eigenvalue weighted by Gasteiger charge is 2.17. The first-order valence-electron chi connectivity index (χ1n) is 7.25. The zero-order chi connectivity index (χ0) is 12.5. The predicted octanol–water partition coefficient (Wildman–Crippen LogP) is 2.60. The Labute approximate surface area is 106 Å². The fourth-order valence-electron chi connectivity index (χ4n) is 2.43. The second-order valence-corrected chi connectivity index (χ2v) is 5.32. The van der Waals surface area contributed by atoms with E-state index in [0.29, 0.717) is 18.5 Å². The van der Waals surface area contributed by atoms with Crippen molar-refractivity contribution < 1.29 is 4.79 Å². The molecule has 1 saturated heterocycles. The first-order chi connectivity index (χ1) is 8.22. The zero-order valence-electron chi connectivity index (χ0n) is 11.4. The molecule has 3 nitrogen and oxygen atoms in total. The Morgan fingerprint density at radius 3 is 2.88 bits per heavy atom. The monoisotopic (exact) mass is 240 g/mol. The number of carbonyl (C=O) groups is 1. The Morgan fingerprint density at radius 2 is 2.24 bits per heavy atom. The summed E-state index contributed by atoms with van der Waals surface area (Å²) in [4.78, 5) is 11.8. The Balaban J connectivity index is 2.10. The van der Waals surface area contributed by atoms with Gasteiger partial charge in [-0.25, -0.2) is 0 Å². The third-order valence-electron chi connectivity index (χ3n) is 3.49. The van der Waals surface area contributed by atoms with Crippen LogP contribution in [0.5, 0.6) is 0 Å². The van der Waals surface area contributed by atoms with Gasteiger partial charge in [-0.1, -0.05) is 32.6 Å². The lowest BCUT2D eigenvalue weighted by molar-refractivity contribution is -0.122. The van der Waals surface area contributed by atoms with Gasteiger partial charge in [-0.15, -0.1) is 0 Å². The Bertz CT molecular complexity index is 212. The topological polar surface area (TPSA) is 41.1 Å². The molecule has 1 fully saturated rings. The van der Waals surface area contributed by atoms with E-state index >= 15 is 0 Å². The number of unbranched alkanes of at least 4 members (excludes halogenated alkanes) is 2. The SMILES string of the molecule is CCCCCC(C)NC(=O)CC1CCCCN1. The lowest BCUT2D eigenvalue weighted by atomic mass is 10.0. The number of hydrogen-bond acceptors (Lipinski definition) is 2. The number of carbonyl (C=O) groups excluding carboxylic acids is 1. The van der Waals surface area contributed by atoms with Crippen LogP contribution in [-0.2, 0) is 4.79 Å². The minimum Gasteiger partial charge on any atom is -0.354 e. The van der Waals surface area contributed by atoms with Gasteiger partial charge in [0, 0.05) is 18.5 Å². The van der Waals surface area contributed by atoms with Crippen LogP contribution in [0, 0.1) is 0 Å². The van der Waals surface area contributed by atoms with Crippen LogP contribution in [0.1, 0.15) is 65.2 Å². The average molecular weight is 240 g/mol. The number of piperidine rings is 1. The first-order valence-corrected chi connectivity index (χ1v) is 7.25. The van der Waals surface area contributed by atoms with E-state index in [2.05, 4.69) is 24.5 Å². The van der Waals surface area contributed by atoms with Crippen molar-refractivity contribution in [1.82, 2.24) is 10.6 Å². The van der Waals surface area contributed by atoms with Gasteiger partial charge in [-0.05, 0) is 32.7 Å². The molecule has 0 radical (unpaired) electrons. The minimum absolute atomic E-state index is 0.216. The van der Waals surface area contributed by atoms with Gasteiger partial charge in [0.1, 0.15) is 0 Å². The molecule has 0 aromatic heterocycles. The van der Waals surface area contributed by atoms with E-state index in [0.717, 1.165) is 19.4 Å². The van der Waals surface area contributed by atoms with E-state index < -0.39 is 0 Å². The van der Waals surface area contributed by atoms with Crippen molar-refractivity contribution in [1.29, 1.82) is 0 Å². The van der Waals surface area contributed by atoms with Gasteiger partial charge < -0.3 is 10.6 Å². The van der Waals surface area contributed by atoms with Crippen LogP contribution < -0.4 is 10.6 Å². The van der Waals surface area contributed by atoms with Crippen LogP contribution in [-0.4, -0.2) is 24.5 Å². The van der Waals surface area contributed by atoms with Gasteiger partial charge in [0.25, 0.3) is 0 Å². The highest BCUT2D eigenvalue weighted by Crippen LogP contribution is 2.10. The van der Waals surface area contributed by atoms with Crippen LogP contribution in [0.25, 0.3) is 0 Å². The molecule has 0 saturated carbocycles. The summed E-state index contributed by atoms with van der Waals surface area (Å²) < 4.78 is 0. The van der Waals surface area contributed by atoms with Crippen LogP contribution in [0.2, 0.25) is 0 Å². The minimum atomic E-state index is 0.216. The average Bonchev–Trinajstić information content (AvgIpc) is 2.30. The Morgan fingerprint density at radius 1 is 1.41 bits per heavy atom. The molecule has 2 atom stereocenters. The van der Waals surface area contributed by atoms with Crippen molar-refractivity contribution in [3.63, 3.8) is 0 Å². The van der Waals surface area contributed by atoms with Gasteiger partial charge in [0.05, 0.1) is 0 Å². The second-order valence-electron chi connectivity index (χ2n) is 5.32. The largest absolute Gasteiger partial charge is 0.354 e. The third kappa shape index (κ3) is 6.67. The normalized spacial score (nSPS) is 22.1. The summed E-state index contributed by atoms with van der Waals surface area (Å²) in [5.41, 5.74) is 0. The molecule has 1 aliphatic rings. The molecule has 0 aromatic carbocycles. The molecule has 0 aliphatic carbocycles. The Hall–Kier alpha value is -0.570. The second kappa shape index (κ2) is 8.51. The van der Waals surface area contributed by atoms with Crippen LogP contribution in [0.15, 0.2) is 0 Å². The predicted molar refractivity (Wildman–Crippen MR) is 72.0 cm³/mol. The molecule has 1 aliphatic heterocycles. The van der Waals surface area contributed by atoms with Crippen LogP contribution in [0.4, 0.5) is 0 Å². The van der Waals surface area contributed by atoms with E-state index in [4.69, 9.17) is 0 Å². The standard InChI is InChI=1S/C14H28N2O/c1-3-4-5-8-12(2)16-14(17)11-13-9-6-7-10-15-13/h12-13,15H,3-11H2,1-2H3,(H,16,17). The van der Waals surface area contributed by atoms with Crippen molar-refractivity contribution in [2.24, 2.45) is 0 Å². The molecule has 1 rings (SSSR count). The molecule has 100 valence electrons. The lowest BCUT2D eigenvalue weighted by Crippen LogP contribution is -2.41. The van der Waals surface area contributed by atoms with Crippen molar-refractivity contribution in [2.75, 3.05) is 6.54 Å². The van der Waals surface area contributed by atoms with Gasteiger partial charge in [0.15, 0.2) is 0 Å². The van der Waals surface area contributed by atoms with Crippen molar-refractivity contribution in [3.8, 4) is 0 Å². The maximum atomic E-state index is 11.8. The van der Waals surface area contributed by atoms with E-state index in [1.54, 1.807) is 0 Å². The zero-order valence-corrected chi connectivity index (χ0v) is 11.4. The summed E-state index contributed by atoms with van der Waals surface area (Å²) in [7, 11) is 0. The molecule has 17 heavy (non-hydrogen) atoms. The highest BCUT2D eigenvalue weighted by atomic mass is 16.1. The molecule has 3 heteroatoms. The van der Waals surface area contributed by atoms with E-state index in [1.807, 2.05) is 0 Å². The molecule has 1 heterocycles. The van der Waals surface area contributed by atoms with E-state index in [1.165, 1.54) is 32.1 Å². The third-order valence-corrected chi connectivity index (χ3v) is 3.49.